The van der Waals surface area contributed by atoms with Gasteiger partial charge in [-0.15, -0.1) is 0 Å². The first kappa shape index (κ1) is 25.5. The van der Waals surface area contributed by atoms with Gasteiger partial charge in [-0.05, 0) is 35.9 Å². The lowest BCUT2D eigenvalue weighted by molar-refractivity contribution is -0.128. The van der Waals surface area contributed by atoms with Gasteiger partial charge in [0, 0.05) is 22.4 Å². The van der Waals surface area contributed by atoms with Crippen molar-refractivity contribution in [3.05, 3.63) is 81.3 Å². The maximum Gasteiger partial charge on any atom is 0.258 e. The molecule has 3 aromatic carbocycles. The van der Waals surface area contributed by atoms with E-state index < -0.39 is 24.5 Å². The van der Waals surface area contributed by atoms with Crippen LogP contribution in [0, 0.1) is 0 Å². The Bertz CT molecular complexity index is 1450. The highest BCUT2D eigenvalue weighted by molar-refractivity contribution is 6.43. The average molecular weight is 545 g/mol. The van der Waals surface area contributed by atoms with Crippen LogP contribution in [0.3, 0.4) is 0 Å². The molecule has 1 heterocycles. The molecule has 0 spiro atoms. The minimum absolute atomic E-state index is 0.0276. The summed E-state index contributed by atoms with van der Waals surface area (Å²) in [7, 11) is 0. The molecule has 4 aromatic rings. The Kier molecular flexibility index (Phi) is 7.79. The largest absolute Gasteiger partial charge is 0.481 e. The average Bonchev–Trinajstić information content (AvgIpc) is 2.85. The third-order valence-electron chi connectivity index (χ3n) is 5.29. The lowest BCUT2D eigenvalue weighted by atomic mass is 10.1. The molecule has 0 bridgehead atoms. The molecule has 0 saturated carbocycles. The summed E-state index contributed by atoms with van der Waals surface area (Å²) < 4.78 is 5.80. The highest BCUT2D eigenvalue weighted by Gasteiger charge is 2.22. The molecular weight excluding hydrogens is 525 g/mol. The zero-order valence-electron chi connectivity index (χ0n) is 18.7. The number of anilines is 1. The van der Waals surface area contributed by atoms with Crippen LogP contribution >= 0.6 is 34.8 Å². The van der Waals surface area contributed by atoms with Crippen LogP contribution in [0.15, 0.2) is 60.7 Å². The third kappa shape index (κ3) is 5.79. The second kappa shape index (κ2) is 11.0. The normalized spacial score (nSPS) is 11.8. The van der Waals surface area contributed by atoms with Crippen LogP contribution in [0.4, 0.5) is 5.95 Å². The molecule has 11 heteroatoms. The van der Waals surface area contributed by atoms with Gasteiger partial charge in [0.2, 0.25) is 11.9 Å². The minimum Gasteiger partial charge on any atom is -0.481 e. The van der Waals surface area contributed by atoms with Crippen LogP contribution in [0.25, 0.3) is 22.2 Å². The first-order chi connectivity index (χ1) is 17.2. The van der Waals surface area contributed by atoms with E-state index in [1.165, 1.54) is 0 Å². The fourth-order valence-electron chi connectivity index (χ4n) is 3.63. The highest BCUT2D eigenvalue weighted by Crippen LogP contribution is 2.42. The van der Waals surface area contributed by atoms with Gasteiger partial charge in [0.1, 0.15) is 16.8 Å². The van der Waals surface area contributed by atoms with Crippen molar-refractivity contribution in [2.75, 3.05) is 12.3 Å². The Labute approximate surface area is 221 Å². The standard InChI is InChI=1S/C25H20Cl3N5O3/c26-14-6-9-18-16(11-14)22(33-25(30)32-18)15-7-8-17(27)21(28)23(15)36-12-20(34)31-19(24(29)35)10-13-4-2-1-3-5-13/h1-9,11,19H,10,12H2,(H2,29,35)(H,31,34)(H2,30,32,33). The molecule has 5 N–H and O–H groups in total. The number of hydrogen-bond acceptors (Lipinski definition) is 6. The summed E-state index contributed by atoms with van der Waals surface area (Å²) in [6.45, 7) is -0.467. The summed E-state index contributed by atoms with van der Waals surface area (Å²) in [5.74, 6) is -1.11. The van der Waals surface area contributed by atoms with E-state index in [1.807, 2.05) is 30.3 Å². The molecule has 2 amide bonds. The maximum absolute atomic E-state index is 12.7. The van der Waals surface area contributed by atoms with Crippen molar-refractivity contribution in [3.63, 3.8) is 0 Å². The van der Waals surface area contributed by atoms with Gasteiger partial charge in [0.15, 0.2) is 6.61 Å². The molecule has 1 unspecified atom stereocenters. The second-order valence-corrected chi connectivity index (χ2v) is 9.05. The fourth-order valence-corrected chi connectivity index (χ4v) is 4.17. The number of nitrogens with one attached hydrogen (secondary N) is 1. The first-order valence-electron chi connectivity index (χ1n) is 10.7. The summed E-state index contributed by atoms with van der Waals surface area (Å²) in [5, 5.41) is 3.94. The number of halogens is 3. The number of fused-ring (bicyclic) bond motifs is 1. The second-order valence-electron chi connectivity index (χ2n) is 7.83. The summed E-state index contributed by atoms with van der Waals surface area (Å²) in [5.41, 5.74) is 13.6. The Hall–Kier alpha value is -3.59. The summed E-state index contributed by atoms with van der Waals surface area (Å²) in [4.78, 5) is 33.2. The van der Waals surface area contributed by atoms with E-state index in [9.17, 15) is 9.59 Å². The zero-order valence-corrected chi connectivity index (χ0v) is 20.9. The van der Waals surface area contributed by atoms with Crippen molar-refractivity contribution in [2.24, 2.45) is 5.73 Å². The van der Waals surface area contributed by atoms with Crippen molar-refractivity contribution in [2.45, 2.75) is 12.5 Å². The van der Waals surface area contributed by atoms with E-state index >= 15 is 0 Å². The van der Waals surface area contributed by atoms with Crippen LogP contribution in [0.1, 0.15) is 5.56 Å². The number of nitrogen functional groups attached to an aromatic ring is 1. The van der Waals surface area contributed by atoms with Gasteiger partial charge in [0.25, 0.3) is 5.91 Å². The van der Waals surface area contributed by atoms with Gasteiger partial charge in [0.05, 0.1) is 16.2 Å². The number of nitrogens with two attached hydrogens (primary N) is 2. The molecule has 0 saturated heterocycles. The molecule has 0 aliphatic heterocycles. The van der Waals surface area contributed by atoms with E-state index in [-0.39, 0.29) is 28.2 Å². The van der Waals surface area contributed by atoms with Crippen LogP contribution in [-0.4, -0.2) is 34.4 Å². The number of primary amides is 1. The number of nitrogens with zero attached hydrogens (tertiary/aromatic N) is 2. The molecule has 0 fully saturated rings. The lowest BCUT2D eigenvalue weighted by Crippen LogP contribution is -2.47. The maximum atomic E-state index is 12.7. The summed E-state index contributed by atoms with van der Waals surface area (Å²) in [6, 6.07) is 16.6. The van der Waals surface area contributed by atoms with E-state index in [0.29, 0.717) is 27.2 Å². The van der Waals surface area contributed by atoms with Crippen molar-refractivity contribution < 1.29 is 14.3 Å². The summed E-state index contributed by atoms with van der Waals surface area (Å²) in [6.07, 6.45) is 0.234. The Morgan fingerprint density at radius 1 is 1.00 bits per heavy atom. The highest BCUT2D eigenvalue weighted by atomic mass is 35.5. The van der Waals surface area contributed by atoms with Gasteiger partial charge in [-0.3, -0.25) is 9.59 Å². The van der Waals surface area contributed by atoms with Gasteiger partial charge in [-0.2, -0.15) is 0 Å². The number of hydrogen-bond donors (Lipinski definition) is 3. The topological polar surface area (TPSA) is 133 Å². The lowest BCUT2D eigenvalue weighted by Gasteiger charge is -2.18. The quantitative estimate of drug-likeness (QED) is 0.300. The third-order valence-corrected chi connectivity index (χ3v) is 6.31. The Morgan fingerprint density at radius 2 is 1.75 bits per heavy atom. The minimum atomic E-state index is -0.925. The van der Waals surface area contributed by atoms with Crippen molar-refractivity contribution >= 4 is 63.5 Å². The van der Waals surface area contributed by atoms with Crippen molar-refractivity contribution in [1.29, 1.82) is 0 Å². The van der Waals surface area contributed by atoms with Crippen molar-refractivity contribution in [1.82, 2.24) is 15.3 Å². The summed E-state index contributed by atoms with van der Waals surface area (Å²) >= 11 is 18.9. The van der Waals surface area contributed by atoms with Gasteiger partial charge < -0.3 is 21.5 Å². The van der Waals surface area contributed by atoms with Gasteiger partial charge in [-0.25, -0.2) is 9.97 Å². The number of amides is 2. The van der Waals surface area contributed by atoms with Gasteiger partial charge in [-0.1, -0.05) is 65.1 Å². The van der Waals surface area contributed by atoms with Crippen molar-refractivity contribution in [3.8, 4) is 17.0 Å². The Morgan fingerprint density at radius 3 is 2.47 bits per heavy atom. The molecule has 0 radical (unpaired) electrons. The Balaban J connectivity index is 1.61. The molecule has 1 atom stereocenters. The molecule has 184 valence electrons. The molecule has 8 nitrogen and oxygen atoms in total. The van der Waals surface area contributed by atoms with Crippen LogP contribution in [0.5, 0.6) is 5.75 Å². The predicted octanol–water partition coefficient (Wildman–Crippen LogP) is 4.43. The SMILES string of the molecule is NC(=O)C(Cc1ccccc1)NC(=O)COc1c(-c2nc(N)nc3ccc(Cl)cc23)ccc(Cl)c1Cl. The number of benzene rings is 3. The number of ether oxygens (including phenoxy) is 1. The van der Waals surface area contributed by atoms with Crippen LogP contribution in [0.2, 0.25) is 15.1 Å². The molecule has 1 aromatic heterocycles. The van der Waals surface area contributed by atoms with E-state index in [1.54, 1.807) is 30.3 Å². The molecular formula is C25H20Cl3N5O3. The van der Waals surface area contributed by atoms with Gasteiger partial charge >= 0.3 is 0 Å². The first-order valence-corrected chi connectivity index (χ1v) is 11.8. The van der Waals surface area contributed by atoms with E-state index in [4.69, 9.17) is 51.0 Å². The molecule has 0 aliphatic carbocycles. The smallest absolute Gasteiger partial charge is 0.258 e. The molecule has 36 heavy (non-hydrogen) atoms. The molecule has 4 rings (SSSR count). The number of aromatic nitrogens is 2. The van der Waals surface area contributed by atoms with Crippen LogP contribution < -0.4 is 21.5 Å². The molecule has 0 aliphatic rings. The predicted molar refractivity (Wildman–Crippen MR) is 141 cm³/mol. The van der Waals surface area contributed by atoms with E-state index in [0.717, 1.165) is 5.56 Å². The zero-order chi connectivity index (χ0) is 25.8. The van der Waals surface area contributed by atoms with E-state index in [2.05, 4.69) is 15.3 Å². The number of carbonyl (C=O) groups excluding carboxylic acids is 2. The number of carbonyl (C=O) groups is 2. The monoisotopic (exact) mass is 543 g/mol. The van der Waals surface area contributed by atoms with Crippen LogP contribution in [-0.2, 0) is 16.0 Å². The number of rotatable bonds is 8. The fraction of sp³-hybridized carbons (Fsp3) is 0.120.